The highest BCUT2D eigenvalue weighted by atomic mass is 19.2. The standard InChI is InChI=1S/C21H25F2N3O4/c1-4-29-18-9-7-15(11-19(18)30-5-2)25-21(28)26-20(27)12-24-13(3)14-6-8-16(22)17(23)10-14/h6-11,13,24H,4-5,12H2,1-3H3,(H2,25,26,27,28)/t13-/m0/s1. The van der Waals surface area contributed by atoms with E-state index in [1.165, 1.54) is 6.07 Å². The van der Waals surface area contributed by atoms with E-state index in [9.17, 15) is 18.4 Å². The molecule has 2 rings (SSSR count). The van der Waals surface area contributed by atoms with Crippen LogP contribution in [0.1, 0.15) is 32.4 Å². The van der Waals surface area contributed by atoms with Crippen LogP contribution in [0.5, 0.6) is 11.5 Å². The molecule has 0 bridgehead atoms. The third-order valence-corrected chi connectivity index (χ3v) is 4.07. The van der Waals surface area contributed by atoms with Crippen molar-refractivity contribution in [3.8, 4) is 11.5 Å². The van der Waals surface area contributed by atoms with Crippen LogP contribution in [0.25, 0.3) is 0 Å². The number of urea groups is 1. The number of carbonyl (C=O) groups is 2. The van der Waals surface area contributed by atoms with Crippen molar-refractivity contribution in [2.45, 2.75) is 26.8 Å². The smallest absolute Gasteiger partial charge is 0.325 e. The maximum Gasteiger partial charge on any atom is 0.325 e. The van der Waals surface area contributed by atoms with Crippen molar-refractivity contribution < 1.29 is 27.8 Å². The largest absolute Gasteiger partial charge is 0.490 e. The summed E-state index contributed by atoms with van der Waals surface area (Å²) in [7, 11) is 0. The van der Waals surface area contributed by atoms with Crippen molar-refractivity contribution in [3.63, 3.8) is 0 Å². The van der Waals surface area contributed by atoms with Gasteiger partial charge in [-0.25, -0.2) is 13.6 Å². The fourth-order valence-electron chi connectivity index (χ4n) is 2.61. The van der Waals surface area contributed by atoms with E-state index in [2.05, 4.69) is 16.0 Å². The molecule has 0 aromatic heterocycles. The molecule has 0 radical (unpaired) electrons. The summed E-state index contributed by atoms with van der Waals surface area (Å²) >= 11 is 0. The van der Waals surface area contributed by atoms with Crippen LogP contribution in [-0.2, 0) is 4.79 Å². The molecular weight excluding hydrogens is 396 g/mol. The zero-order valence-electron chi connectivity index (χ0n) is 17.1. The van der Waals surface area contributed by atoms with Crippen molar-refractivity contribution in [1.29, 1.82) is 0 Å². The van der Waals surface area contributed by atoms with E-state index in [0.29, 0.717) is 36.0 Å². The summed E-state index contributed by atoms with van der Waals surface area (Å²) in [4.78, 5) is 24.1. The van der Waals surface area contributed by atoms with E-state index in [1.807, 2.05) is 13.8 Å². The van der Waals surface area contributed by atoms with Gasteiger partial charge in [0.15, 0.2) is 23.1 Å². The minimum Gasteiger partial charge on any atom is -0.490 e. The number of halogens is 2. The Morgan fingerprint density at radius 2 is 1.67 bits per heavy atom. The number of ether oxygens (including phenoxy) is 2. The van der Waals surface area contributed by atoms with Gasteiger partial charge in [-0.1, -0.05) is 6.07 Å². The Bertz CT molecular complexity index is 893. The average Bonchev–Trinajstić information content (AvgIpc) is 2.70. The van der Waals surface area contributed by atoms with Gasteiger partial charge in [-0.2, -0.15) is 0 Å². The number of carbonyl (C=O) groups excluding carboxylic acids is 2. The Labute approximate surface area is 173 Å². The van der Waals surface area contributed by atoms with Crippen molar-refractivity contribution in [1.82, 2.24) is 10.6 Å². The van der Waals surface area contributed by atoms with Crippen molar-refractivity contribution in [3.05, 3.63) is 53.6 Å². The maximum absolute atomic E-state index is 13.3. The zero-order chi connectivity index (χ0) is 22.1. The van der Waals surface area contributed by atoms with Crippen LogP contribution >= 0.6 is 0 Å². The molecule has 0 saturated heterocycles. The van der Waals surface area contributed by atoms with Gasteiger partial charge in [-0.15, -0.1) is 0 Å². The first-order valence-electron chi connectivity index (χ1n) is 9.52. The third kappa shape index (κ3) is 6.70. The van der Waals surface area contributed by atoms with Gasteiger partial charge in [0, 0.05) is 17.8 Å². The molecular formula is C21H25F2N3O4. The molecule has 1 atom stereocenters. The normalized spacial score (nSPS) is 11.5. The maximum atomic E-state index is 13.3. The van der Waals surface area contributed by atoms with E-state index in [-0.39, 0.29) is 6.54 Å². The second-order valence-electron chi connectivity index (χ2n) is 6.31. The molecule has 2 aromatic rings. The molecule has 0 unspecified atom stereocenters. The molecule has 2 aromatic carbocycles. The molecule has 0 spiro atoms. The minimum atomic E-state index is -0.966. The molecule has 9 heteroatoms. The molecule has 162 valence electrons. The Kier molecular flexibility index (Phi) is 8.54. The van der Waals surface area contributed by atoms with Gasteiger partial charge in [0.05, 0.1) is 19.8 Å². The summed E-state index contributed by atoms with van der Waals surface area (Å²) in [6, 6.07) is 7.24. The van der Waals surface area contributed by atoms with Crippen LogP contribution in [-0.4, -0.2) is 31.7 Å². The number of benzene rings is 2. The number of nitrogens with one attached hydrogen (secondary N) is 3. The van der Waals surface area contributed by atoms with Gasteiger partial charge in [0.2, 0.25) is 5.91 Å². The Hall–Kier alpha value is -3.20. The lowest BCUT2D eigenvalue weighted by Gasteiger charge is -2.15. The molecule has 0 saturated carbocycles. The highest BCUT2D eigenvalue weighted by Crippen LogP contribution is 2.30. The lowest BCUT2D eigenvalue weighted by Crippen LogP contribution is -2.40. The number of hydrogen-bond acceptors (Lipinski definition) is 5. The van der Waals surface area contributed by atoms with Gasteiger partial charge >= 0.3 is 6.03 Å². The molecule has 3 amide bonds. The average molecular weight is 421 g/mol. The second-order valence-corrected chi connectivity index (χ2v) is 6.31. The Morgan fingerprint density at radius 3 is 2.33 bits per heavy atom. The number of imide groups is 1. The third-order valence-electron chi connectivity index (χ3n) is 4.07. The zero-order valence-corrected chi connectivity index (χ0v) is 17.1. The van der Waals surface area contributed by atoms with Gasteiger partial charge in [0.25, 0.3) is 0 Å². The lowest BCUT2D eigenvalue weighted by atomic mass is 10.1. The van der Waals surface area contributed by atoms with Crippen LogP contribution in [0.3, 0.4) is 0 Å². The van der Waals surface area contributed by atoms with Gasteiger partial charge in [-0.3, -0.25) is 10.1 Å². The predicted octanol–water partition coefficient (Wildman–Crippen LogP) is 3.76. The van der Waals surface area contributed by atoms with Crippen LogP contribution in [0, 0.1) is 11.6 Å². The van der Waals surface area contributed by atoms with E-state index in [1.54, 1.807) is 25.1 Å². The van der Waals surface area contributed by atoms with Crippen LogP contribution in [0.4, 0.5) is 19.3 Å². The van der Waals surface area contributed by atoms with Crippen LogP contribution in [0.2, 0.25) is 0 Å². The topological polar surface area (TPSA) is 88.7 Å². The van der Waals surface area contributed by atoms with Crippen LogP contribution < -0.4 is 25.4 Å². The number of rotatable bonds is 9. The molecule has 0 aliphatic heterocycles. The molecule has 0 aliphatic carbocycles. The Balaban J connectivity index is 1.87. The Morgan fingerprint density at radius 1 is 0.967 bits per heavy atom. The molecule has 3 N–H and O–H groups in total. The lowest BCUT2D eigenvalue weighted by molar-refractivity contribution is -0.119. The van der Waals surface area contributed by atoms with Crippen molar-refractivity contribution >= 4 is 17.6 Å². The monoisotopic (exact) mass is 421 g/mol. The van der Waals surface area contributed by atoms with Gasteiger partial charge < -0.3 is 20.1 Å². The summed E-state index contributed by atoms with van der Waals surface area (Å²) in [6.45, 7) is 6.07. The fraction of sp³-hybridized carbons (Fsp3) is 0.333. The minimum absolute atomic E-state index is 0.193. The highest BCUT2D eigenvalue weighted by Gasteiger charge is 2.13. The van der Waals surface area contributed by atoms with E-state index < -0.39 is 29.6 Å². The first-order valence-corrected chi connectivity index (χ1v) is 9.52. The predicted molar refractivity (Wildman–Crippen MR) is 109 cm³/mol. The van der Waals surface area contributed by atoms with Crippen molar-refractivity contribution in [2.24, 2.45) is 0 Å². The number of anilines is 1. The first-order chi connectivity index (χ1) is 14.3. The van der Waals surface area contributed by atoms with Gasteiger partial charge in [-0.05, 0) is 50.6 Å². The molecule has 30 heavy (non-hydrogen) atoms. The molecule has 7 nitrogen and oxygen atoms in total. The molecule has 0 fully saturated rings. The number of hydrogen-bond donors (Lipinski definition) is 3. The number of amides is 3. The summed E-state index contributed by atoms with van der Waals surface area (Å²) in [6.07, 6.45) is 0. The molecule has 0 aliphatic rings. The fourth-order valence-corrected chi connectivity index (χ4v) is 2.61. The van der Waals surface area contributed by atoms with Gasteiger partial charge in [0.1, 0.15) is 0 Å². The summed E-state index contributed by atoms with van der Waals surface area (Å²) in [5.74, 6) is -1.46. The molecule has 0 heterocycles. The summed E-state index contributed by atoms with van der Waals surface area (Å²) in [5.41, 5.74) is 0.902. The SMILES string of the molecule is CCOc1ccc(NC(=O)NC(=O)CN[C@@H](C)c2ccc(F)c(F)c2)cc1OCC. The highest BCUT2D eigenvalue weighted by molar-refractivity contribution is 6.01. The first kappa shape index (κ1) is 23.1. The van der Waals surface area contributed by atoms with Crippen LogP contribution in [0.15, 0.2) is 36.4 Å². The van der Waals surface area contributed by atoms with E-state index >= 15 is 0 Å². The van der Waals surface area contributed by atoms with Crippen molar-refractivity contribution in [2.75, 3.05) is 25.1 Å². The van der Waals surface area contributed by atoms with E-state index in [4.69, 9.17) is 9.47 Å². The summed E-state index contributed by atoms with van der Waals surface area (Å²) < 4.78 is 37.3. The summed E-state index contributed by atoms with van der Waals surface area (Å²) in [5, 5.41) is 7.58. The second kappa shape index (κ2) is 11.1. The van der Waals surface area contributed by atoms with E-state index in [0.717, 1.165) is 12.1 Å². The quantitative estimate of drug-likeness (QED) is 0.574.